The summed E-state index contributed by atoms with van der Waals surface area (Å²) in [6.45, 7) is 2.08. The first-order valence-electron chi connectivity index (χ1n) is 7.11. The van der Waals surface area contributed by atoms with E-state index in [1.54, 1.807) is 7.11 Å². The van der Waals surface area contributed by atoms with Crippen molar-refractivity contribution in [2.45, 2.75) is 51.5 Å². The molecule has 2 N–H and O–H groups in total. The minimum Gasteiger partial charge on any atom is -0.496 e. The topological polar surface area (TPSA) is 35.2 Å². The summed E-state index contributed by atoms with van der Waals surface area (Å²) < 4.78 is 5.29. The van der Waals surface area contributed by atoms with Crippen LogP contribution in [0.15, 0.2) is 18.2 Å². The molecule has 1 aliphatic carbocycles. The molecule has 1 aromatic carbocycles. The predicted octanol–water partition coefficient (Wildman–Crippen LogP) is 3.97. The number of hydrogen-bond acceptors (Lipinski definition) is 2. The highest BCUT2D eigenvalue weighted by molar-refractivity contribution is 5.37. The normalized spacial score (nSPS) is 18.6. The van der Waals surface area contributed by atoms with Gasteiger partial charge in [0, 0.05) is 6.04 Å². The molecule has 2 heteroatoms. The van der Waals surface area contributed by atoms with Crippen molar-refractivity contribution in [3.63, 3.8) is 0 Å². The average molecular weight is 247 g/mol. The number of hydrogen-bond donors (Lipinski definition) is 1. The minimum absolute atomic E-state index is 0.178. The van der Waals surface area contributed by atoms with Gasteiger partial charge in [-0.25, -0.2) is 0 Å². The Morgan fingerprint density at radius 3 is 2.61 bits per heavy atom. The van der Waals surface area contributed by atoms with Gasteiger partial charge in [0.25, 0.3) is 0 Å². The van der Waals surface area contributed by atoms with Crippen molar-refractivity contribution in [1.29, 1.82) is 0 Å². The van der Waals surface area contributed by atoms with Gasteiger partial charge in [-0.05, 0) is 36.5 Å². The fourth-order valence-electron chi connectivity index (χ4n) is 3.05. The number of aryl methyl sites for hydroxylation is 1. The molecule has 1 aromatic rings. The number of benzene rings is 1. The molecular weight excluding hydrogens is 222 g/mol. The molecule has 0 bridgehead atoms. The summed E-state index contributed by atoms with van der Waals surface area (Å²) in [5.41, 5.74) is 8.77. The largest absolute Gasteiger partial charge is 0.496 e. The van der Waals surface area contributed by atoms with Gasteiger partial charge >= 0.3 is 0 Å². The number of rotatable bonds is 4. The van der Waals surface area contributed by atoms with Gasteiger partial charge in [-0.2, -0.15) is 0 Å². The summed E-state index contributed by atoms with van der Waals surface area (Å²) in [5, 5.41) is 0. The second kappa shape index (κ2) is 6.24. The molecule has 1 fully saturated rings. The Hall–Kier alpha value is -1.02. The van der Waals surface area contributed by atoms with Crippen molar-refractivity contribution in [3.8, 4) is 5.75 Å². The van der Waals surface area contributed by atoms with Crippen LogP contribution in [0.4, 0.5) is 0 Å². The van der Waals surface area contributed by atoms with Crippen LogP contribution < -0.4 is 10.5 Å². The lowest BCUT2D eigenvalue weighted by molar-refractivity contribution is 0.319. The van der Waals surface area contributed by atoms with Gasteiger partial charge in [0.2, 0.25) is 0 Å². The Morgan fingerprint density at radius 1 is 1.28 bits per heavy atom. The third-order valence-electron chi connectivity index (χ3n) is 4.16. The van der Waals surface area contributed by atoms with Crippen LogP contribution in [0.2, 0.25) is 0 Å². The fraction of sp³-hybridized carbons (Fsp3) is 0.625. The molecule has 2 rings (SSSR count). The second-order valence-corrected chi connectivity index (χ2v) is 5.58. The Morgan fingerprint density at radius 2 is 2.00 bits per heavy atom. The Bertz CT molecular complexity index is 383. The molecule has 0 aliphatic heterocycles. The second-order valence-electron chi connectivity index (χ2n) is 5.58. The molecule has 1 saturated carbocycles. The van der Waals surface area contributed by atoms with E-state index in [1.165, 1.54) is 43.2 Å². The van der Waals surface area contributed by atoms with Crippen molar-refractivity contribution in [2.75, 3.05) is 7.11 Å². The quantitative estimate of drug-likeness (QED) is 0.873. The van der Waals surface area contributed by atoms with Gasteiger partial charge in [-0.3, -0.25) is 0 Å². The van der Waals surface area contributed by atoms with Crippen LogP contribution in [0.3, 0.4) is 0 Å². The molecule has 0 radical (unpaired) electrons. The maximum Gasteiger partial charge on any atom is 0.121 e. The Labute approximate surface area is 111 Å². The summed E-state index contributed by atoms with van der Waals surface area (Å²) in [6, 6.07) is 6.49. The number of nitrogens with two attached hydrogens (primary N) is 1. The maximum atomic E-state index is 6.35. The standard InChI is InChI=1S/C16H25NO/c1-12-10-14(8-9-16(12)18-2)15(17)11-13-6-4-3-5-7-13/h8-10,13,15H,3-7,11,17H2,1-2H3. The molecule has 2 nitrogen and oxygen atoms in total. The molecule has 1 aliphatic rings. The lowest BCUT2D eigenvalue weighted by Gasteiger charge is -2.25. The average Bonchev–Trinajstić information content (AvgIpc) is 2.39. The van der Waals surface area contributed by atoms with E-state index in [0.29, 0.717) is 0 Å². The third kappa shape index (κ3) is 3.26. The van der Waals surface area contributed by atoms with Crippen LogP contribution in [-0.2, 0) is 0 Å². The molecule has 18 heavy (non-hydrogen) atoms. The van der Waals surface area contributed by atoms with E-state index in [1.807, 2.05) is 6.07 Å². The van der Waals surface area contributed by atoms with E-state index >= 15 is 0 Å². The van der Waals surface area contributed by atoms with Gasteiger partial charge in [-0.1, -0.05) is 44.2 Å². The van der Waals surface area contributed by atoms with Gasteiger partial charge in [0.15, 0.2) is 0 Å². The first-order chi connectivity index (χ1) is 8.70. The van der Waals surface area contributed by atoms with Crippen molar-refractivity contribution in [1.82, 2.24) is 0 Å². The molecule has 1 unspecified atom stereocenters. The fourth-order valence-corrected chi connectivity index (χ4v) is 3.05. The number of methoxy groups -OCH3 is 1. The van der Waals surface area contributed by atoms with E-state index in [4.69, 9.17) is 10.5 Å². The molecule has 0 amide bonds. The zero-order valence-corrected chi connectivity index (χ0v) is 11.6. The molecule has 0 saturated heterocycles. The van der Waals surface area contributed by atoms with Crippen molar-refractivity contribution in [2.24, 2.45) is 11.7 Å². The van der Waals surface area contributed by atoms with E-state index in [9.17, 15) is 0 Å². The molecule has 0 spiro atoms. The maximum absolute atomic E-state index is 6.35. The monoisotopic (exact) mass is 247 g/mol. The first-order valence-corrected chi connectivity index (χ1v) is 7.11. The van der Waals surface area contributed by atoms with Crippen molar-refractivity contribution in [3.05, 3.63) is 29.3 Å². The van der Waals surface area contributed by atoms with E-state index in [2.05, 4.69) is 19.1 Å². The zero-order valence-electron chi connectivity index (χ0n) is 11.6. The van der Waals surface area contributed by atoms with Crippen LogP contribution in [0.25, 0.3) is 0 Å². The van der Waals surface area contributed by atoms with Gasteiger partial charge in [0.1, 0.15) is 5.75 Å². The first kappa shape index (κ1) is 13.4. The summed E-state index contributed by atoms with van der Waals surface area (Å²) in [5.74, 6) is 1.78. The highest BCUT2D eigenvalue weighted by atomic mass is 16.5. The summed E-state index contributed by atoms with van der Waals surface area (Å²) in [4.78, 5) is 0. The molecule has 1 atom stereocenters. The summed E-state index contributed by atoms with van der Waals surface area (Å²) >= 11 is 0. The lowest BCUT2D eigenvalue weighted by Crippen LogP contribution is -2.17. The smallest absolute Gasteiger partial charge is 0.121 e. The van der Waals surface area contributed by atoms with E-state index < -0.39 is 0 Å². The Balaban J connectivity index is 1.99. The van der Waals surface area contributed by atoms with Gasteiger partial charge in [0.05, 0.1) is 7.11 Å². The molecule has 0 heterocycles. The van der Waals surface area contributed by atoms with Crippen LogP contribution in [0, 0.1) is 12.8 Å². The van der Waals surface area contributed by atoms with Crippen LogP contribution >= 0.6 is 0 Å². The molecular formula is C16H25NO. The lowest BCUT2D eigenvalue weighted by atomic mass is 9.83. The van der Waals surface area contributed by atoms with Gasteiger partial charge in [-0.15, -0.1) is 0 Å². The van der Waals surface area contributed by atoms with Crippen LogP contribution in [0.1, 0.15) is 55.7 Å². The summed E-state index contributed by atoms with van der Waals surface area (Å²) in [6.07, 6.45) is 8.04. The van der Waals surface area contributed by atoms with E-state index in [0.717, 1.165) is 18.1 Å². The third-order valence-corrected chi connectivity index (χ3v) is 4.16. The van der Waals surface area contributed by atoms with Gasteiger partial charge < -0.3 is 10.5 Å². The molecule has 0 aromatic heterocycles. The summed E-state index contributed by atoms with van der Waals surface area (Å²) in [7, 11) is 1.71. The van der Waals surface area contributed by atoms with Crippen LogP contribution in [-0.4, -0.2) is 7.11 Å². The highest BCUT2D eigenvalue weighted by Crippen LogP contribution is 2.31. The van der Waals surface area contributed by atoms with Crippen molar-refractivity contribution >= 4 is 0 Å². The van der Waals surface area contributed by atoms with E-state index in [-0.39, 0.29) is 6.04 Å². The highest BCUT2D eigenvalue weighted by Gasteiger charge is 2.18. The zero-order chi connectivity index (χ0) is 13.0. The van der Waals surface area contributed by atoms with Crippen LogP contribution in [0.5, 0.6) is 5.75 Å². The van der Waals surface area contributed by atoms with Crippen molar-refractivity contribution < 1.29 is 4.74 Å². The number of ether oxygens (including phenoxy) is 1. The predicted molar refractivity (Wildman–Crippen MR) is 75.9 cm³/mol. The SMILES string of the molecule is COc1ccc(C(N)CC2CCCCC2)cc1C. The molecule has 100 valence electrons. The Kier molecular flexibility index (Phi) is 4.65. The minimum atomic E-state index is 0.178.